The van der Waals surface area contributed by atoms with E-state index >= 15 is 0 Å². The Hall–Kier alpha value is -1.06. The lowest BCUT2D eigenvalue weighted by atomic mass is 9.81. The molecule has 0 aromatic heterocycles. The highest BCUT2D eigenvalue weighted by atomic mass is 35.5. The Morgan fingerprint density at radius 3 is 2.43 bits per heavy atom. The van der Waals surface area contributed by atoms with E-state index < -0.39 is 0 Å². The molecule has 2 aliphatic rings. The van der Waals surface area contributed by atoms with Crippen molar-refractivity contribution in [2.24, 2.45) is 0 Å². The van der Waals surface area contributed by atoms with Gasteiger partial charge in [0.15, 0.2) is 0 Å². The molecule has 2 atom stereocenters. The van der Waals surface area contributed by atoms with Gasteiger partial charge in [-0.3, -0.25) is 4.79 Å². The monoisotopic (exact) mass is 306 g/mol. The third-order valence-electron chi connectivity index (χ3n) is 5.10. The zero-order chi connectivity index (χ0) is 14.8. The number of benzene rings is 1. The fraction of sp³-hybridized carbons (Fsp3) is 0.588. The van der Waals surface area contributed by atoms with Gasteiger partial charge in [-0.1, -0.05) is 24.6 Å². The molecule has 0 aliphatic carbocycles. The topological polar surface area (TPSA) is 23.6 Å². The van der Waals surface area contributed by atoms with Crippen LogP contribution in [0.2, 0.25) is 0 Å². The number of amides is 1. The summed E-state index contributed by atoms with van der Waals surface area (Å²) in [7, 11) is 2.24. The highest BCUT2D eigenvalue weighted by molar-refractivity contribution is 6.29. The maximum Gasteiger partial charge on any atom is 0.242 e. The first kappa shape index (κ1) is 14.9. The Kier molecular flexibility index (Phi) is 4.51. The highest BCUT2D eigenvalue weighted by Crippen LogP contribution is 2.36. The Labute approximate surface area is 131 Å². The number of hydrogen-bond donors (Lipinski definition) is 0. The number of carbonyl (C=O) groups is 1. The molecular formula is C17H23ClN2O. The molecule has 1 amide bonds. The van der Waals surface area contributed by atoms with E-state index in [9.17, 15) is 4.79 Å². The van der Waals surface area contributed by atoms with Crippen molar-refractivity contribution in [3.63, 3.8) is 0 Å². The van der Waals surface area contributed by atoms with Crippen LogP contribution in [0.1, 0.15) is 32.1 Å². The molecule has 2 heterocycles. The fourth-order valence-electron chi connectivity index (χ4n) is 4.01. The normalized spacial score (nSPS) is 29.1. The van der Waals surface area contributed by atoms with Gasteiger partial charge in [0.05, 0.1) is 0 Å². The molecule has 114 valence electrons. The van der Waals surface area contributed by atoms with Crippen molar-refractivity contribution in [3.8, 4) is 0 Å². The Morgan fingerprint density at radius 2 is 1.86 bits per heavy atom. The molecule has 3 rings (SSSR count). The molecule has 2 unspecified atom stereocenters. The maximum atomic E-state index is 12.4. The Morgan fingerprint density at radius 1 is 1.24 bits per heavy atom. The van der Waals surface area contributed by atoms with E-state index in [1.165, 1.54) is 19.3 Å². The molecule has 21 heavy (non-hydrogen) atoms. The number of halogens is 1. The van der Waals surface area contributed by atoms with Gasteiger partial charge < -0.3 is 9.80 Å². The number of hydrogen-bond acceptors (Lipinski definition) is 2. The number of carbonyl (C=O) groups excluding carboxylic acids is 1. The van der Waals surface area contributed by atoms with Gasteiger partial charge in [0.1, 0.15) is 5.88 Å². The van der Waals surface area contributed by atoms with E-state index in [0.717, 1.165) is 18.5 Å². The number of rotatable bonds is 3. The van der Waals surface area contributed by atoms with E-state index in [1.54, 1.807) is 0 Å². The third kappa shape index (κ3) is 2.95. The molecule has 2 saturated heterocycles. The standard InChI is InChI=1S/C17H23ClN2O/c1-19-14-8-5-9-15(19)11-16(10-14)20(17(21)12-18)13-6-3-2-4-7-13/h2-4,6-7,14-16H,5,8-12H2,1H3. The third-order valence-corrected chi connectivity index (χ3v) is 5.33. The summed E-state index contributed by atoms with van der Waals surface area (Å²) in [6, 6.07) is 11.5. The zero-order valence-electron chi connectivity index (χ0n) is 12.5. The molecule has 0 spiro atoms. The average Bonchev–Trinajstić information content (AvgIpc) is 2.49. The molecule has 2 aliphatic heterocycles. The first-order valence-electron chi connectivity index (χ1n) is 7.85. The first-order valence-corrected chi connectivity index (χ1v) is 8.39. The number of fused-ring (bicyclic) bond motifs is 2. The molecule has 3 nitrogen and oxygen atoms in total. The molecular weight excluding hydrogens is 284 g/mol. The molecule has 2 bridgehead atoms. The molecule has 4 heteroatoms. The van der Waals surface area contributed by atoms with Crippen LogP contribution in [0.15, 0.2) is 30.3 Å². The first-order chi connectivity index (χ1) is 10.2. The highest BCUT2D eigenvalue weighted by Gasteiger charge is 2.39. The lowest BCUT2D eigenvalue weighted by Crippen LogP contribution is -2.56. The fourth-order valence-corrected chi connectivity index (χ4v) is 4.14. The van der Waals surface area contributed by atoms with Crippen LogP contribution < -0.4 is 4.90 Å². The maximum absolute atomic E-state index is 12.4. The second-order valence-corrected chi connectivity index (χ2v) is 6.53. The quantitative estimate of drug-likeness (QED) is 0.800. The Balaban J connectivity index is 1.86. The number of nitrogens with zero attached hydrogens (tertiary/aromatic N) is 2. The molecule has 1 aromatic rings. The van der Waals surface area contributed by atoms with Crippen molar-refractivity contribution in [3.05, 3.63) is 30.3 Å². The SMILES string of the molecule is CN1C2CCCC1CC(N(C(=O)CCl)c1ccccc1)C2. The van der Waals surface area contributed by atoms with Crippen LogP contribution in [0.25, 0.3) is 0 Å². The lowest BCUT2D eigenvalue weighted by molar-refractivity contribution is -0.117. The summed E-state index contributed by atoms with van der Waals surface area (Å²) in [4.78, 5) is 16.9. The van der Waals surface area contributed by atoms with Crippen molar-refractivity contribution in [1.82, 2.24) is 4.90 Å². The van der Waals surface area contributed by atoms with Gasteiger partial charge in [-0.25, -0.2) is 0 Å². The average molecular weight is 307 g/mol. The molecule has 0 radical (unpaired) electrons. The number of piperidine rings is 2. The van der Waals surface area contributed by atoms with E-state index in [2.05, 4.69) is 11.9 Å². The molecule has 2 fully saturated rings. The van der Waals surface area contributed by atoms with E-state index in [1.807, 2.05) is 35.2 Å². The van der Waals surface area contributed by atoms with E-state index in [-0.39, 0.29) is 17.8 Å². The van der Waals surface area contributed by atoms with Gasteiger partial charge in [-0.2, -0.15) is 0 Å². The molecule has 0 saturated carbocycles. The van der Waals surface area contributed by atoms with Crippen molar-refractivity contribution in [1.29, 1.82) is 0 Å². The van der Waals surface area contributed by atoms with E-state index in [0.29, 0.717) is 12.1 Å². The van der Waals surface area contributed by atoms with Crippen molar-refractivity contribution >= 4 is 23.2 Å². The van der Waals surface area contributed by atoms with Gasteiger partial charge >= 0.3 is 0 Å². The van der Waals surface area contributed by atoms with Crippen LogP contribution in [0.5, 0.6) is 0 Å². The molecule has 0 N–H and O–H groups in total. The number of alkyl halides is 1. The van der Waals surface area contributed by atoms with Gasteiger partial charge in [0.25, 0.3) is 0 Å². The minimum atomic E-state index is 0.0236. The summed E-state index contributed by atoms with van der Waals surface area (Å²) in [5.74, 6) is 0.0758. The minimum absolute atomic E-state index is 0.0236. The van der Waals surface area contributed by atoms with Crippen LogP contribution in [0.4, 0.5) is 5.69 Å². The summed E-state index contributed by atoms with van der Waals surface area (Å²) in [6.45, 7) is 0. The van der Waals surface area contributed by atoms with Gasteiger partial charge in [-0.15, -0.1) is 11.6 Å². The predicted molar refractivity (Wildman–Crippen MR) is 86.9 cm³/mol. The van der Waals surface area contributed by atoms with E-state index in [4.69, 9.17) is 11.6 Å². The van der Waals surface area contributed by atoms with Gasteiger partial charge in [-0.05, 0) is 44.9 Å². The summed E-state index contributed by atoms with van der Waals surface area (Å²) in [6.07, 6.45) is 5.94. The minimum Gasteiger partial charge on any atom is -0.308 e. The summed E-state index contributed by atoms with van der Waals surface area (Å²) >= 11 is 5.86. The van der Waals surface area contributed by atoms with Crippen LogP contribution >= 0.6 is 11.6 Å². The number of para-hydroxylation sites is 1. The zero-order valence-corrected chi connectivity index (χ0v) is 13.3. The second kappa shape index (κ2) is 6.37. The largest absolute Gasteiger partial charge is 0.308 e. The Bertz CT molecular complexity index is 479. The van der Waals surface area contributed by atoms with Gasteiger partial charge in [0, 0.05) is 23.8 Å². The summed E-state index contributed by atoms with van der Waals surface area (Å²) in [5.41, 5.74) is 0.982. The van der Waals surface area contributed by atoms with Crippen LogP contribution in [0.3, 0.4) is 0 Å². The summed E-state index contributed by atoms with van der Waals surface area (Å²) in [5, 5.41) is 0. The van der Waals surface area contributed by atoms with Crippen LogP contribution in [0, 0.1) is 0 Å². The van der Waals surface area contributed by atoms with Crippen LogP contribution in [-0.2, 0) is 4.79 Å². The van der Waals surface area contributed by atoms with Crippen molar-refractivity contribution < 1.29 is 4.79 Å². The van der Waals surface area contributed by atoms with Crippen LogP contribution in [-0.4, -0.2) is 41.9 Å². The predicted octanol–water partition coefficient (Wildman–Crippen LogP) is 3.27. The van der Waals surface area contributed by atoms with Crippen molar-refractivity contribution in [2.45, 2.75) is 50.2 Å². The number of anilines is 1. The summed E-state index contributed by atoms with van der Waals surface area (Å²) < 4.78 is 0. The van der Waals surface area contributed by atoms with Gasteiger partial charge in [0.2, 0.25) is 5.91 Å². The second-order valence-electron chi connectivity index (χ2n) is 6.26. The van der Waals surface area contributed by atoms with Crippen molar-refractivity contribution in [2.75, 3.05) is 17.8 Å². The lowest BCUT2D eigenvalue weighted by Gasteiger charge is -2.49. The smallest absolute Gasteiger partial charge is 0.242 e. The molecule has 1 aromatic carbocycles.